The average Bonchev–Trinajstić information content (AvgIpc) is 3.17. The van der Waals surface area contributed by atoms with Crippen molar-refractivity contribution in [3.63, 3.8) is 0 Å². The van der Waals surface area contributed by atoms with E-state index in [0.717, 1.165) is 24.1 Å². The third-order valence-electron chi connectivity index (χ3n) is 4.28. The van der Waals surface area contributed by atoms with Gasteiger partial charge in [0.15, 0.2) is 0 Å². The molecule has 0 atom stereocenters. The van der Waals surface area contributed by atoms with Gasteiger partial charge in [-0.15, -0.1) is 0 Å². The van der Waals surface area contributed by atoms with Gasteiger partial charge in [-0.3, -0.25) is 4.79 Å². The van der Waals surface area contributed by atoms with Gasteiger partial charge in [-0.1, -0.05) is 43.3 Å². The summed E-state index contributed by atoms with van der Waals surface area (Å²) in [5.41, 5.74) is 4.03. The summed E-state index contributed by atoms with van der Waals surface area (Å²) in [5, 5.41) is 3.84. The molecule has 1 N–H and O–H groups in total. The lowest BCUT2D eigenvalue weighted by Crippen LogP contribution is -2.19. The summed E-state index contributed by atoms with van der Waals surface area (Å²) in [5.74, 6) is 0.306. The molecule has 1 amide bonds. The molecule has 0 saturated heterocycles. The van der Waals surface area contributed by atoms with E-state index in [4.69, 9.17) is 4.42 Å². The topological polar surface area (TPSA) is 54.6 Å². The number of aryl methyl sites for hydroxylation is 1. The minimum atomic E-state index is -4.42. The number of nitrogens with zero attached hydrogens (tertiary/aromatic N) is 1. The van der Waals surface area contributed by atoms with Crippen molar-refractivity contribution in [2.45, 2.75) is 25.9 Å². The van der Waals surface area contributed by atoms with E-state index in [2.05, 4.69) is 17.5 Å². The number of furan rings is 1. The van der Waals surface area contributed by atoms with Crippen LogP contribution in [0.1, 0.15) is 29.4 Å². The van der Waals surface area contributed by atoms with Crippen molar-refractivity contribution < 1.29 is 22.4 Å². The molecular formula is C22H19F3N2O2. The molecule has 0 fully saturated rings. The Morgan fingerprint density at radius 3 is 2.48 bits per heavy atom. The second-order valence-electron chi connectivity index (χ2n) is 6.42. The van der Waals surface area contributed by atoms with Crippen LogP contribution in [0.25, 0.3) is 11.3 Å². The van der Waals surface area contributed by atoms with Gasteiger partial charge in [0.1, 0.15) is 11.5 Å². The lowest BCUT2D eigenvalue weighted by atomic mass is 10.1. The zero-order valence-electron chi connectivity index (χ0n) is 15.7. The number of halogens is 3. The monoisotopic (exact) mass is 400 g/mol. The molecule has 1 heterocycles. The maximum atomic E-state index is 12.8. The van der Waals surface area contributed by atoms with Crippen molar-refractivity contribution in [1.29, 1.82) is 0 Å². The quantitative estimate of drug-likeness (QED) is 0.456. The van der Waals surface area contributed by atoms with Crippen molar-refractivity contribution in [2.24, 2.45) is 5.10 Å². The van der Waals surface area contributed by atoms with E-state index in [9.17, 15) is 18.0 Å². The van der Waals surface area contributed by atoms with E-state index in [-0.39, 0.29) is 18.1 Å². The number of hydrogen-bond donors (Lipinski definition) is 1. The molecule has 0 saturated carbocycles. The van der Waals surface area contributed by atoms with Crippen LogP contribution in [-0.4, -0.2) is 12.1 Å². The first-order valence-electron chi connectivity index (χ1n) is 9.02. The molecule has 4 nitrogen and oxygen atoms in total. The van der Waals surface area contributed by atoms with Crippen LogP contribution >= 0.6 is 0 Å². The second kappa shape index (κ2) is 8.77. The zero-order chi connectivity index (χ0) is 20.9. The largest absolute Gasteiger partial charge is 0.455 e. The predicted molar refractivity (Wildman–Crippen MR) is 104 cm³/mol. The van der Waals surface area contributed by atoms with Crippen molar-refractivity contribution in [3.05, 3.63) is 83.1 Å². The Labute approximate surface area is 166 Å². The number of nitrogens with one attached hydrogen (secondary N) is 1. The van der Waals surface area contributed by atoms with Gasteiger partial charge in [-0.2, -0.15) is 18.3 Å². The standard InChI is InChI=1S/C22H19F3N2O2/c1-2-15-6-8-16(9-7-15)12-21(28)27-26-14-19-10-11-20(29-19)17-4-3-5-18(13-17)22(23,24)25/h3-11,13-14H,2,12H2,1H3,(H,27,28)/b26-14-. The van der Waals surface area contributed by atoms with Crippen LogP contribution in [-0.2, 0) is 23.8 Å². The molecule has 3 rings (SSSR count). The molecule has 0 aliphatic heterocycles. The average molecular weight is 400 g/mol. The maximum absolute atomic E-state index is 12.8. The summed E-state index contributed by atoms with van der Waals surface area (Å²) in [6.07, 6.45) is -2.00. The third kappa shape index (κ3) is 5.57. The first-order valence-corrected chi connectivity index (χ1v) is 9.02. The summed E-state index contributed by atoms with van der Waals surface area (Å²) in [6.45, 7) is 2.06. The van der Waals surface area contributed by atoms with E-state index in [0.29, 0.717) is 11.3 Å². The fourth-order valence-electron chi connectivity index (χ4n) is 2.71. The molecule has 0 radical (unpaired) electrons. The number of hydrogen-bond acceptors (Lipinski definition) is 3. The number of alkyl halides is 3. The molecule has 0 aliphatic rings. The Bertz CT molecular complexity index is 1010. The summed E-state index contributed by atoms with van der Waals surface area (Å²) >= 11 is 0. The van der Waals surface area contributed by atoms with Gasteiger partial charge < -0.3 is 4.42 Å². The fraction of sp³-hybridized carbons (Fsp3) is 0.182. The zero-order valence-corrected chi connectivity index (χ0v) is 15.7. The minimum Gasteiger partial charge on any atom is -0.455 e. The number of carbonyl (C=O) groups excluding carboxylic acids is 1. The van der Waals surface area contributed by atoms with Gasteiger partial charge in [0, 0.05) is 5.56 Å². The van der Waals surface area contributed by atoms with Crippen molar-refractivity contribution in [2.75, 3.05) is 0 Å². The molecule has 1 aromatic heterocycles. The normalized spacial score (nSPS) is 11.7. The smallest absolute Gasteiger partial charge is 0.416 e. The molecule has 0 bridgehead atoms. The van der Waals surface area contributed by atoms with Crippen LogP contribution in [0.2, 0.25) is 0 Å². The number of hydrazone groups is 1. The van der Waals surface area contributed by atoms with E-state index < -0.39 is 11.7 Å². The number of carbonyl (C=O) groups is 1. The van der Waals surface area contributed by atoms with Gasteiger partial charge in [-0.25, -0.2) is 5.43 Å². The highest BCUT2D eigenvalue weighted by Crippen LogP contribution is 2.32. The minimum absolute atomic E-state index is 0.189. The number of rotatable bonds is 6. The lowest BCUT2D eigenvalue weighted by molar-refractivity contribution is -0.137. The third-order valence-corrected chi connectivity index (χ3v) is 4.28. The van der Waals surface area contributed by atoms with Crippen LogP contribution in [0, 0.1) is 0 Å². The van der Waals surface area contributed by atoms with Crippen molar-refractivity contribution in [1.82, 2.24) is 5.43 Å². The van der Waals surface area contributed by atoms with E-state index in [1.807, 2.05) is 24.3 Å². The molecule has 150 valence electrons. The van der Waals surface area contributed by atoms with E-state index >= 15 is 0 Å². The predicted octanol–water partition coefficient (Wildman–Crippen LogP) is 5.22. The molecule has 29 heavy (non-hydrogen) atoms. The summed E-state index contributed by atoms with van der Waals surface area (Å²) in [7, 11) is 0. The second-order valence-corrected chi connectivity index (χ2v) is 6.42. The Balaban J connectivity index is 1.59. The molecule has 3 aromatic rings. The first kappa shape index (κ1) is 20.4. The summed E-state index contributed by atoms with van der Waals surface area (Å²) in [4.78, 5) is 12.0. The Kier molecular flexibility index (Phi) is 6.16. The molecule has 2 aromatic carbocycles. The first-order chi connectivity index (χ1) is 13.8. The van der Waals surface area contributed by atoms with Crippen LogP contribution < -0.4 is 5.43 Å². The van der Waals surface area contributed by atoms with Gasteiger partial charge in [0.25, 0.3) is 0 Å². The van der Waals surface area contributed by atoms with Crippen LogP contribution in [0.15, 0.2) is 70.2 Å². The highest BCUT2D eigenvalue weighted by Gasteiger charge is 2.30. The summed E-state index contributed by atoms with van der Waals surface area (Å²) < 4.78 is 44.0. The van der Waals surface area contributed by atoms with Crippen LogP contribution in [0.4, 0.5) is 13.2 Å². The molecule has 0 spiro atoms. The summed E-state index contributed by atoms with van der Waals surface area (Å²) in [6, 6.07) is 15.7. The van der Waals surface area contributed by atoms with Crippen molar-refractivity contribution in [3.8, 4) is 11.3 Å². The Hall–Kier alpha value is -3.35. The van der Waals surface area contributed by atoms with Crippen LogP contribution in [0.5, 0.6) is 0 Å². The Morgan fingerprint density at radius 2 is 1.79 bits per heavy atom. The highest BCUT2D eigenvalue weighted by molar-refractivity contribution is 5.82. The van der Waals surface area contributed by atoms with Gasteiger partial charge in [-0.05, 0) is 41.8 Å². The molecule has 7 heteroatoms. The highest BCUT2D eigenvalue weighted by atomic mass is 19.4. The number of amides is 1. The molecular weight excluding hydrogens is 381 g/mol. The van der Waals surface area contributed by atoms with Gasteiger partial charge in [0.05, 0.1) is 18.2 Å². The van der Waals surface area contributed by atoms with Crippen molar-refractivity contribution >= 4 is 12.1 Å². The van der Waals surface area contributed by atoms with E-state index in [1.165, 1.54) is 23.9 Å². The SMILES string of the molecule is CCc1ccc(CC(=O)N/N=C\c2ccc(-c3cccc(C(F)(F)F)c3)o2)cc1. The fourth-order valence-corrected chi connectivity index (χ4v) is 2.71. The lowest BCUT2D eigenvalue weighted by Gasteiger charge is -2.07. The Morgan fingerprint density at radius 1 is 1.07 bits per heavy atom. The number of benzene rings is 2. The van der Waals surface area contributed by atoms with Crippen LogP contribution in [0.3, 0.4) is 0 Å². The van der Waals surface area contributed by atoms with Gasteiger partial charge >= 0.3 is 6.18 Å². The molecule has 0 aliphatic carbocycles. The van der Waals surface area contributed by atoms with Gasteiger partial charge in [0.2, 0.25) is 5.91 Å². The molecule has 0 unspecified atom stereocenters. The van der Waals surface area contributed by atoms with E-state index in [1.54, 1.807) is 12.1 Å². The maximum Gasteiger partial charge on any atom is 0.416 e.